The quantitative estimate of drug-likeness (QED) is 0.829. The lowest BCUT2D eigenvalue weighted by molar-refractivity contribution is 0.248. The van der Waals surface area contributed by atoms with Crippen molar-refractivity contribution in [3.8, 4) is 5.75 Å². The van der Waals surface area contributed by atoms with Gasteiger partial charge in [0.05, 0.1) is 5.54 Å². The Labute approximate surface area is 120 Å². The summed E-state index contributed by atoms with van der Waals surface area (Å²) >= 11 is 10.9. The largest absolute Gasteiger partial charge is 0.443 e. The fourth-order valence-electron chi connectivity index (χ4n) is 1.11. The van der Waals surface area contributed by atoms with Gasteiger partial charge in [-0.15, -0.1) is 0 Å². The molecule has 104 valence electrons. The van der Waals surface area contributed by atoms with Gasteiger partial charge in [-0.3, -0.25) is 0 Å². The molecule has 1 rings (SSSR count). The van der Waals surface area contributed by atoms with Crippen LogP contribution in [-0.2, 0) is 10.0 Å². The Morgan fingerprint density at radius 1 is 1.37 bits per heavy atom. The highest BCUT2D eigenvalue weighted by molar-refractivity contribution is 7.90. The van der Waals surface area contributed by atoms with Gasteiger partial charge in [-0.1, -0.05) is 23.7 Å². The molecule has 0 heterocycles. The molecule has 0 saturated carbocycles. The van der Waals surface area contributed by atoms with Crippen LogP contribution in [0, 0.1) is 0 Å². The van der Waals surface area contributed by atoms with Gasteiger partial charge in [-0.2, -0.15) is 0 Å². The van der Waals surface area contributed by atoms with Gasteiger partial charge in [0.2, 0.25) is 5.22 Å². The molecule has 0 aliphatic rings. The number of sulfonamides is 1. The minimum absolute atomic E-state index is 0.0548. The molecule has 0 radical (unpaired) electrons. The van der Waals surface area contributed by atoms with E-state index in [-0.39, 0.29) is 15.9 Å². The standard InChI is InChI=1S/C10H10Cl2N2O4S/c1-13-10(15)14-19(16,17)8-5-3-2-4-7(8)18-9(12)6-11/h2-6H,1H3,(H2,13,14,15). The molecular weight excluding hydrogens is 315 g/mol. The van der Waals surface area contributed by atoms with Crippen LogP contribution in [0.2, 0.25) is 0 Å². The van der Waals surface area contributed by atoms with Crippen LogP contribution < -0.4 is 14.8 Å². The molecule has 9 heteroatoms. The van der Waals surface area contributed by atoms with E-state index < -0.39 is 16.1 Å². The Morgan fingerprint density at radius 3 is 2.58 bits per heavy atom. The van der Waals surface area contributed by atoms with Crippen molar-refractivity contribution < 1.29 is 17.9 Å². The number of halogens is 2. The number of ether oxygens (including phenoxy) is 1. The molecule has 1 aromatic carbocycles. The van der Waals surface area contributed by atoms with Crippen molar-refractivity contribution in [1.29, 1.82) is 0 Å². The highest BCUT2D eigenvalue weighted by Gasteiger charge is 2.21. The molecule has 19 heavy (non-hydrogen) atoms. The first-order valence-electron chi connectivity index (χ1n) is 4.88. The molecule has 0 saturated heterocycles. The van der Waals surface area contributed by atoms with Crippen molar-refractivity contribution in [2.45, 2.75) is 4.90 Å². The fourth-order valence-corrected chi connectivity index (χ4v) is 2.33. The van der Waals surface area contributed by atoms with Crippen molar-refractivity contribution >= 4 is 39.3 Å². The van der Waals surface area contributed by atoms with Gasteiger partial charge in [0.25, 0.3) is 10.0 Å². The number of rotatable bonds is 4. The first-order valence-corrected chi connectivity index (χ1v) is 7.17. The number of nitrogens with one attached hydrogen (secondary N) is 2. The monoisotopic (exact) mass is 324 g/mol. The van der Waals surface area contributed by atoms with E-state index in [1.165, 1.54) is 25.2 Å². The lowest BCUT2D eigenvalue weighted by Crippen LogP contribution is -2.37. The minimum Gasteiger partial charge on any atom is -0.443 e. The number of carbonyl (C=O) groups is 1. The van der Waals surface area contributed by atoms with E-state index in [2.05, 4.69) is 5.32 Å². The molecule has 0 bridgehead atoms. The van der Waals surface area contributed by atoms with Gasteiger partial charge in [0, 0.05) is 7.05 Å². The van der Waals surface area contributed by atoms with Gasteiger partial charge >= 0.3 is 6.03 Å². The lowest BCUT2D eigenvalue weighted by Gasteiger charge is -2.11. The molecular formula is C10H10Cl2N2O4S. The van der Waals surface area contributed by atoms with Crippen molar-refractivity contribution in [3.63, 3.8) is 0 Å². The normalized spacial score (nSPS) is 11.8. The molecule has 2 N–H and O–H groups in total. The number of hydrogen-bond acceptors (Lipinski definition) is 4. The van der Waals surface area contributed by atoms with Crippen LogP contribution in [-0.4, -0.2) is 21.5 Å². The molecule has 0 aromatic heterocycles. The van der Waals surface area contributed by atoms with Crippen LogP contribution in [0.25, 0.3) is 0 Å². The maximum absolute atomic E-state index is 11.9. The third-order valence-electron chi connectivity index (χ3n) is 1.89. The van der Waals surface area contributed by atoms with Crippen molar-refractivity contribution in [2.75, 3.05) is 7.05 Å². The van der Waals surface area contributed by atoms with Gasteiger partial charge in [-0.05, 0) is 23.7 Å². The summed E-state index contributed by atoms with van der Waals surface area (Å²) < 4.78 is 30.7. The number of hydrogen-bond donors (Lipinski definition) is 2. The lowest BCUT2D eigenvalue weighted by atomic mass is 10.3. The summed E-state index contributed by atoms with van der Waals surface area (Å²) in [6, 6.07) is 4.80. The SMILES string of the molecule is CNC(=O)NS(=O)(=O)c1ccccc1OC(Cl)=CCl. The van der Waals surface area contributed by atoms with E-state index in [0.29, 0.717) is 0 Å². The van der Waals surface area contributed by atoms with E-state index in [9.17, 15) is 13.2 Å². The number of para-hydroxylation sites is 1. The number of carbonyl (C=O) groups excluding carboxylic acids is 1. The summed E-state index contributed by atoms with van der Waals surface area (Å²) in [7, 11) is -2.78. The van der Waals surface area contributed by atoms with Crippen molar-refractivity contribution in [2.24, 2.45) is 0 Å². The van der Waals surface area contributed by atoms with E-state index >= 15 is 0 Å². The molecule has 0 spiro atoms. The summed E-state index contributed by atoms with van der Waals surface area (Å²) in [4.78, 5) is 10.8. The second kappa shape index (κ2) is 6.65. The van der Waals surface area contributed by atoms with Gasteiger partial charge in [0.15, 0.2) is 0 Å². The minimum atomic E-state index is -4.07. The average Bonchev–Trinajstić information content (AvgIpc) is 2.38. The van der Waals surface area contributed by atoms with Crippen molar-refractivity contribution in [1.82, 2.24) is 10.0 Å². The molecule has 0 atom stereocenters. The molecule has 0 fully saturated rings. The Morgan fingerprint density at radius 2 is 2.00 bits per heavy atom. The van der Waals surface area contributed by atoms with Crippen LogP contribution in [0.1, 0.15) is 0 Å². The predicted octanol–water partition coefficient (Wildman–Crippen LogP) is 1.96. The zero-order valence-electron chi connectivity index (χ0n) is 9.68. The van der Waals surface area contributed by atoms with Gasteiger partial charge < -0.3 is 10.1 Å². The molecule has 0 aliphatic carbocycles. The van der Waals surface area contributed by atoms with E-state index in [1.54, 1.807) is 10.8 Å². The summed E-state index contributed by atoms with van der Waals surface area (Å²) in [5.74, 6) is -0.0548. The zero-order valence-corrected chi connectivity index (χ0v) is 12.0. The second-order valence-corrected chi connectivity index (χ2v) is 5.39. The van der Waals surface area contributed by atoms with Gasteiger partial charge in [-0.25, -0.2) is 17.9 Å². The molecule has 1 aromatic rings. The topological polar surface area (TPSA) is 84.5 Å². The maximum Gasteiger partial charge on any atom is 0.328 e. The molecule has 6 nitrogen and oxygen atoms in total. The van der Waals surface area contributed by atoms with Crippen LogP contribution >= 0.6 is 23.2 Å². The predicted molar refractivity (Wildman–Crippen MR) is 71.6 cm³/mol. The van der Waals surface area contributed by atoms with Crippen molar-refractivity contribution in [3.05, 3.63) is 35.0 Å². The summed E-state index contributed by atoms with van der Waals surface area (Å²) in [6.07, 6.45) is 0. The zero-order chi connectivity index (χ0) is 14.5. The first kappa shape index (κ1) is 15.6. The number of benzene rings is 1. The summed E-state index contributed by atoms with van der Waals surface area (Å²) in [5.41, 5.74) is 0.942. The molecule has 2 amide bonds. The Balaban J connectivity index is 3.16. The highest BCUT2D eigenvalue weighted by Crippen LogP contribution is 2.26. The smallest absolute Gasteiger partial charge is 0.328 e. The Bertz CT molecular complexity index is 601. The van der Waals surface area contributed by atoms with Gasteiger partial charge in [0.1, 0.15) is 10.6 Å². The molecule has 0 unspecified atom stereocenters. The molecule has 0 aliphatic heterocycles. The fraction of sp³-hybridized carbons (Fsp3) is 0.100. The van der Waals surface area contributed by atoms with E-state index in [0.717, 1.165) is 5.54 Å². The third kappa shape index (κ3) is 4.30. The third-order valence-corrected chi connectivity index (χ3v) is 3.75. The maximum atomic E-state index is 11.9. The van der Waals surface area contributed by atoms with E-state index in [1.807, 2.05) is 0 Å². The van der Waals surface area contributed by atoms with E-state index in [4.69, 9.17) is 27.9 Å². The first-order chi connectivity index (χ1) is 8.90. The van der Waals surface area contributed by atoms with Crippen LogP contribution in [0.4, 0.5) is 4.79 Å². The highest BCUT2D eigenvalue weighted by atomic mass is 35.5. The second-order valence-electron chi connectivity index (χ2n) is 3.15. The number of urea groups is 1. The van der Waals surface area contributed by atoms with Crippen LogP contribution in [0.5, 0.6) is 5.75 Å². The van der Waals surface area contributed by atoms with Crippen LogP contribution in [0.15, 0.2) is 39.9 Å². The Hall–Kier alpha value is -1.44. The number of amides is 2. The summed E-state index contributed by atoms with van der Waals surface area (Å²) in [6.45, 7) is 0. The summed E-state index contributed by atoms with van der Waals surface area (Å²) in [5, 5.41) is 1.93. The Kier molecular flexibility index (Phi) is 5.46. The van der Waals surface area contributed by atoms with Crippen LogP contribution in [0.3, 0.4) is 0 Å². The average molecular weight is 325 g/mol.